The Bertz CT molecular complexity index is 527. The van der Waals surface area contributed by atoms with Gasteiger partial charge in [0.05, 0.1) is 11.0 Å². The van der Waals surface area contributed by atoms with Crippen molar-refractivity contribution in [1.29, 1.82) is 0 Å². The Labute approximate surface area is 123 Å². The van der Waals surface area contributed by atoms with E-state index < -0.39 is 9.84 Å². The minimum Gasteiger partial charge on any atom is -0.492 e. The van der Waals surface area contributed by atoms with Crippen molar-refractivity contribution in [2.24, 2.45) is 5.73 Å². The van der Waals surface area contributed by atoms with Gasteiger partial charge in [-0.2, -0.15) is 0 Å². The zero-order valence-corrected chi connectivity index (χ0v) is 13.8. The van der Waals surface area contributed by atoms with E-state index in [1.807, 2.05) is 19.1 Å². The lowest BCUT2D eigenvalue weighted by atomic mass is 10.1. The smallest absolute Gasteiger partial charge is 0.155 e. The predicted octanol–water partition coefficient (Wildman–Crippen LogP) is 2.67. The maximum atomic E-state index is 11.7. The molecule has 0 heterocycles. The van der Waals surface area contributed by atoms with Gasteiger partial charge in [0, 0.05) is 16.1 Å². The molecule has 2 N–H and O–H groups in total. The standard InChI is InChI=1S/C13H20BrNO3S/c1-9(2)19(16,17)7-6-18-13-5-4-11(14)8-12(13)10(3)15/h4-5,8-10H,6-7,15H2,1-3H3. The number of rotatable bonds is 6. The summed E-state index contributed by atoms with van der Waals surface area (Å²) in [6, 6.07) is 5.36. The van der Waals surface area contributed by atoms with Crippen LogP contribution in [0.25, 0.3) is 0 Å². The van der Waals surface area contributed by atoms with Crippen molar-refractivity contribution in [3.05, 3.63) is 28.2 Å². The average Bonchev–Trinajstić information content (AvgIpc) is 2.30. The third-order valence-corrected chi connectivity index (χ3v) is 5.47. The van der Waals surface area contributed by atoms with E-state index in [2.05, 4.69) is 15.9 Å². The number of halogens is 1. The molecule has 0 saturated carbocycles. The molecule has 1 aromatic carbocycles. The van der Waals surface area contributed by atoms with Crippen LogP contribution in [0.15, 0.2) is 22.7 Å². The minimum absolute atomic E-state index is 0.0130. The normalized spacial score (nSPS) is 13.6. The van der Waals surface area contributed by atoms with Crippen LogP contribution in [0.1, 0.15) is 32.4 Å². The largest absolute Gasteiger partial charge is 0.492 e. The number of sulfone groups is 1. The predicted molar refractivity (Wildman–Crippen MR) is 81.2 cm³/mol. The monoisotopic (exact) mass is 349 g/mol. The SMILES string of the molecule is CC(N)c1cc(Br)ccc1OCCS(=O)(=O)C(C)C. The lowest BCUT2D eigenvalue weighted by Gasteiger charge is -2.15. The van der Waals surface area contributed by atoms with Crippen molar-refractivity contribution in [3.8, 4) is 5.75 Å². The van der Waals surface area contributed by atoms with Crippen molar-refractivity contribution in [2.75, 3.05) is 12.4 Å². The fourth-order valence-corrected chi connectivity index (χ4v) is 2.68. The van der Waals surface area contributed by atoms with Gasteiger partial charge in [0.25, 0.3) is 0 Å². The van der Waals surface area contributed by atoms with Gasteiger partial charge in [0.2, 0.25) is 0 Å². The summed E-state index contributed by atoms with van der Waals surface area (Å²) in [5, 5.41) is -0.381. The van der Waals surface area contributed by atoms with Crippen molar-refractivity contribution >= 4 is 25.8 Å². The Morgan fingerprint density at radius 2 is 1.95 bits per heavy atom. The summed E-state index contributed by atoms with van der Waals surface area (Å²) in [5.74, 6) is 0.649. The average molecular weight is 350 g/mol. The fraction of sp³-hybridized carbons (Fsp3) is 0.538. The third-order valence-electron chi connectivity index (χ3n) is 2.81. The molecule has 4 nitrogen and oxygen atoms in total. The van der Waals surface area contributed by atoms with E-state index in [0.29, 0.717) is 5.75 Å². The molecule has 0 aliphatic rings. The van der Waals surface area contributed by atoms with Crippen LogP contribution >= 0.6 is 15.9 Å². The van der Waals surface area contributed by atoms with Crippen LogP contribution in [0, 0.1) is 0 Å². The Hall–Kier alpha value is -0.590. The molecule has 1 aromatic rings. The first kappa shape index (κ1) is 16.5. The van der Waals surface area contributed by atoms with Gasteiger partial charge in [-0.05, 0) is 39.0 Å². The maximum Gasteiger partial charge on any atom is 0.155 e. The van der Waals surface area contributed by atoms with Gasteiger partial charge >= 0.3 is 0 Å². The van der Waals surface area contributed by atoms with Gasteiger partial charge in [-0.25, -0.2) is 8.42 Å². The van der Waals surface area contributed by atoms with E-state index in [1.165, 1.54) is 0 Å². The maximum absolute atomic E-state index is 11.7. The number of benzene rings is 1. The van der Waals surface area contributed by atoms with Crippen LogP contribution in [-0.2, 0) is 9.84 Å². The summed E-state index contributed by atoms with van der Waals surface area (Å²) >= 11 is 3.38. The van der Waals surface area contributed by atoms with Crippen LogP contribution in [0.2, 0.25) is 0 Å². The van der Waals surface area contributed by atoms with E-state index >= 15 is 0 Å². The van der Waals surface area contributed by atoms with Gasteiger partial charge in [-0.15, -0.1) is 0 Å². The van der Waals surface area contributed by atoms with E-state index in [1.54, 1.807) is 19.9 Å². The molecule has 1 unspecified atom stereocenters. The molecule has 6 heteroatoms. The second kappa shape index (κ2) is 6.72. The lowest BCUT2D eigenvalue weighted by Crippen LogP contribution is -2.22. The summed E-state index contributed by atoms with van der Waals surface area (Å²) in [6.07, 6.45) is 0. The van der Waals surface area contributed by atoms with E-state index in [-0.39, 0.29) is 23.7 Å². The number of hydrogen-bond donors (Lipinski definition) is 1. The second-order valence-corrected chi connectivity index (χ2v) is 8.33. The third kappa shape index (κ3) is 4.78. The van der Waals surface area contributed by atoms with Crippen LogP contribution in [0.4, 0.5) is 0 Å². The fourth-order valence-electron chi connectivity index (χ4n) is 1.51. The Morgan fingerprint density at radius 1 is 1.32 bits per heavy atom. The summed E-state index contributed by atoms with van der Waals surface area (Å²) in [4.78, 5) is 0. The molecule has 1 rings (SSSR count). The van der Waals surface area contributed by atoms with Gasteiger partial charge < -0.3 is 10.5 Å². The van der Waals surface area contributed by atoms with Crippen LogP contribution in [-0.4, -0.2) is 26.0 Å². The molecule has 0 bridgehead atoms. The van der Waals surface area contributed by atoms with Crippen LogP contribution in [0.3, 0.4) is 0 Å². The Morgan fingerprint density at radius 3 is 2.47 bits per heavy atom. The molecule has 0 aromatic heterocycles. The first-order valence-electron chi connectivity index (χ1n) is 6.13. The van der Waals surface area contributed by atoms with Crippen molar-refractivity contribution in [1.82, 2.24) is 0 Å². The molecule has 0 fully saturated rings. The topological polar surface area (TPSA) is 69.4 Å². The summed E-state index contributed by atoms with van der Waals surface area (Å²) in [5.41, 5.74) is 6.73. The van der Waals surface area contributed by atoms with E-state index in [9.17, 15) is 8.42 Å². The highest BCUT2D eigenvalue weighted by Crippen LogP contribution is 2.27. The molecule has 0 radical (unpaired) electrons. The zero-order chi connectivity index (χ0) is 14.6. The number of nitrogens with two attached hydrogens (primary N) is 1. The molecular weight excluding hydrogens is 330 g/mol. The van der Waals surface area contributed by atoms with Crippen LogP contribution in [0.5, 0.6) is 5.75 Å². The van der Waals surface area contributed by atoms with Crippen molar-refractivity contribution in [2.45, 2.75) is 32.1 Å². The minimum atomic E-state index is -3.08. The number of ether oxygens (including phenoxy) is 1. The highest BCUT2D eigenvalue weighted by Gasteiger charge is 2.16. The number of hydrogen-bond acceptors (Lipinski definition) is 4. The summed E-state index contributed by atoms with van der Waals surface area (Å²) in [7, 11) is -3.08. The molecule has 0 amide bonds. The Kier molecular flexibility index (Phi) is 5.82. The molecule has 0 aliphatic heterocycles. The van der Waals surface area contributed by atoms with Crippen molar-refractivity contribution in [3.63, 3.8) is 0 Å². The molecule has 0 spiro atoms. The summed E-state index contributed by atoms with van der Waals surface area (Å²) in [6.45, 7) is 5.34. The zero-order valence-electron chi connectivity index (χ0n) is 11.4. The molecule has 1 atom stereocenters. The van der Waals surface area contributed by atoms with Gasteiger partial charge in [-0.3, -0.25) is 0 Å². The second-order valence-electron chi connectivity index (χ2n) is 4.74. The first-order valence-corrected chi connectivity index (χ1v) is 8.64. The van der Waals surface area contributed by atoms with Gasteiger partial charge in [0.15, 0.2) is 9.84 Å². The molecule has 108 valence electrons. The molecule has 0 aliphatic carbocycles. The highest BCUT2D eigenvalue weighted by atomic mass is 79.9. The quantitative estimate of drug-likeness (QED) is 0.856. The van der Waals surface area contributed by atoms with Gasteiger partial charge in [0.1, 0.15) is 12.4 Å². The van der Waals surface area contributed by atoms with E-state index in [0.717, 1.165) is 10.0 Å². The highest BCUT2D eigenvalue weighted by molar-refractivity contribution is 9.10. The first-order chi connectivity index (χ1) is 8.74. The molecular formula is C13H20BrNO3S. The Balaban J connectivity index is 2.74. The molecule has 19 heavy (non-hydrogen) atoms. The van der Waals surface area contributed by atoms with Crippen LogP contribution < -0.4 is 10.5 Å². The molecule has 0 saturated heterocycles. The summed E-state index contributed by atoms with van der Waals surface area (Å²) < 4.78 is 29.8. The van der Waals surface area contributed by atoms with E-state index in [4.69, 9.17) is 10.5 Å². The van der Waals surface area contributed by atoms with Gasteiger partial charge in [-0.1, -0.05) is 15.9 Å². The van der Waals surface area contributed by atoms with Crippen molar-refractivity contribution < 1.29 is 13.2 Å². The lowest BCUT2D eigenvalue weighted by molar-refractivity contribution is 0.335.